The Morgan fingerprint density at radius 1 is 1.21 bits per heavy atom. The van der Waals surface area contributed by atoms with E-state index in [-0.39, 0.29) is 19.1 Å². The third-order valence-electron chi connectivity index (χ3n) is 5.09. The maximum atomic E-state index is 12.5. The summed E-state index contributed by atoms with van der Waals surface area (Å²) in [6.07, 6.45) is 0.772. The minimum atomic E-state index is -0.796. The average molecular weight is 500 g/mol. The molecule has 1 aromatic carbocycles. The standard InChI is InChI=1S/C22H31Cl2N5O4/c1-4-33-21(31)14-25-22(32)17(26-15(2)30)6-8-20-27-18-13-16(5-7-19(18)28(20)3)29(11-9-23)12-10-24/h5,7,13,17H,4,6,8-12,14H2,1-3H3,(H,25,32)(H,26,30). The van der Waals surface area contributed by atoms with Gasteiger partial charge in [-0.3, -0.25) is 14.4 Å². The molecule has 2 N–H and O–H groups in total. The number of carbonyl (C=O) groups is 3. The molecule has 0 fully saturated rings. The summed E-state index contributed by atoms with van der Waals surface area (Å²) >= 11 is 11.8. The zero-order valence-electron chi connectivity index (χ0n) is 19.2. The summed E-state index contributed by atoms with van der Waals surface area (Å²) in [4.78, 5) is 42.5. The molecule has 0 bridgehead atoms. The number of esters is 1. The first-order valence-corrected chi connectivity index (χ1v) is 11.9. The summed E-state index contributed by atoms with van der Waals surface area (Å²) in [5, 5.41) is 5.15. The molecule has 0 aliphatic carbocycles. The van der Waals surface area contributed by atoms with Crippen LogP contribution < -0.4 is 15.5 Å². The fourth-order valence-electron chi connectivity index (χ4n) is 3.51. The minimum Gasteiger partial charge on any atom is -0.465 e. The van der Waals surface area contributed by atoms with Gasteiger partial charge in [0.15, 0.2) is 0 Å². The molecule has 1 heterocycles. The lowest BCUT2D eigenvalue weighted by atomic mass is 10.1. The van der Waals surface area contributed by atoms with Gasteiger partial charge in [0.2, 0.25) is 11.8 Å². The summed E-state index contributed by atoms with van der Waals surface area (Å²) in [7, 11) is 1.91. The van der Waals surface area contributed by atoms with E-state index in [0.29, 0.717) is 37.7 Å². The molecule has 2 amide bonds. The van der Waals surface area contributed by atoms with Gasteiger partial charge in [0.1, 0.15) is 18.4 Å². The van der Waals surface area contributed by atoms with Crippen LogP contribution in [-0.4, -0.2) is 71.4 Å². The number of imidazole rings is 1. The molecule has 0 spiro atoms. The Bertz CT molecular complexity index is 960. The summed E-state index contributed by atoms with van der Waals surface area (Å²) < 4.78 is 6.78. The van der Waals surface area contributed by atoms with E-state index >= 15 is 0 Å². The predicted octanol–water partition coefficient (Wildman–Crippen LogP) is 1.97. The lowest BCUT2D eigenvalue weighted by molar-refractivity contribution is -0.143. The molecular weight excluding hydrogens is 469 g/mol. The van der Waals surface area contributed by atoms with Crippen LogP contribution in [0.2, 0.25) is 0 Å². The van der Waals surface area contributed by atoms with E-state index < -0.39 is 17.9 Å². The van der Waals surface area contributed by atoms with Gasteiger partial charge in [-0.2, -0.15) is 0 Å². The molecule has 2 rings (SSSR count). The summed E-state index contributed by atoms with van der Waals surface area (Å²) in [6.45, 7) is 4.37. The maximum absolute atomic E-state index is 12.5. The van der Waals surface area contributed by atoms with E-state index in [1.165, 1.54) is 6.92 Å². The number of fused-ring (bicyclic) bond motifs is 1. The maximum Gasteiger partial charge on any atom is 0.325 e. The van der Waals surface area contributed by atoms with Crippen molar-refractivity contribution >= 4 is 57.7 Å². The van der Waals surface area contributed by atoms with Crippen LogP contribution >= 0.6 is 23.2 Å². The lowest BCUT2D eigenvalue weighted by Gasteiger charge is -2.22. The largest absolute Gasteiger partial charge is 0.465 e. The summed E-state index contributed by atoms with van der Waals surface area (Å²) in [6, 6.07) is 5.20. The molecule has 9 nitrogen and oxygen atoms in total. The van der Waals surface area contributed by atoms with Crippen LogP contribution in [0.15, 0.2) is 18.2 Å². The van der Waals surface area contributed by atoms with Crippen molar-refractivity contribution in [1.29, 1.82) is 0 Å². The van der Waals surface area contributed by atoms with E-state index in [4.69, 9.17) is 32.9 Å². The number of nitrogens with zero attached hydrogens (tertiary/aromatic N) is 3. The van der Waals surface area contributed by atoms with Gasteiger partial charge in [-0.1, -0.05) is 0 Å². The first-order valence-electron chi connectivity index (χ1n) is 10.8. The number of halogens is 2. The molecule has 0 saturated carbocycles. The topological polar surface area (TPSA) is 106 Å². The number of amides is 2. The van der Waals surface area contributed by atoms with Gasteiger partial charge in [0, 0.05) is 50.9 Å². The SMILES string of the molecule is CCOC(=O)CNC(=O)C(CCc1nc2cc(N(CCCl)CCCl)ccc2n1C)NC(C)=O. The van der Waals surface area contributed by atoms with E-state index in [1.54, 1.807) is 6.92 Å². The zero-order valence-corrected chi connectivity index (χ0v) is 20.7. The van der Waals surface area contributed by atoms with E-state index in [2.05, 4.69) is 15.5 Å². The predicted molar refractivity (Wildman–Crippen MR) is 130 cm³/mol. The second kappa shape index (κ2) is 13.3. The van der Waals surface area contributed by atoms with Gasteiger partial charge >= 0.3 is 5.97 Å². The number of nitrogens with one attached hydrogen (secondary N) is 2. The first kappa shape index (κ1) is 26.7. The number of anilines is 1. The fraction of sp³-hybridized carbons (Fsp3) is 0.545. The van der Waals surface area contributed by atoms with Crippen molar-refractivity contribution in [3.63, 3.8) is 0 Å². The Kier molecular flexibility index (Phi) is 10.7. The Morgan fingerprint density at radius 3 is 2.52 bits per heavy atom. The third-order valence-corrected chi connectivity index (χ3v) is 5.43. The number of ether oxygens (including phenoxy) is 1. The smallest absolute Gasteiger partial charge is 0.325 e. The zero-order chi connectivity index (χ0) is 24.4. The molecule has 11 heteroatoms. The third kappa shape index (κ3) is 7.78. The summed E-state index contributed by atoms with van der Waals surface area (Å²) in [5.41, 5.74) is 2.76. The molecule has 0 aliphatic rings. The van der Waals surface area contributed by atoms with Crippen molar-refractivity contribution in [1.82, 2.24) is 20.2 Å². The highest BCUT2D eigenvalue weighted by Crippen LogP contribution is 2.23. The van der Waals surface area contributed by atoms with Crippen molar-refractivity contribution < 1.29 is 19.1 Å². The van der Waals surface area contributed by atoms with Crippen LogP contribution in [0.4, 0.5) is 5.69 Å². The molecule has 0 radical (unpaired) electrons. The van der Waals surface area contributed by atoms with Crippen LogP contribution in [0.1, 0.15) is 26.1 Å². The van der Waals surface area contributed by atoms with Crippen LogP contribution in [0, 0.1) is 0 Å². The van der Waals surface area contributed by atoms with Crippen LogP contribution in [0.25, 0.3) is 11.0 Å². The average Bonchev–Trinajstić information content (AvgIpc) is 3.09. The highest BCUT2D eigenvalue weighted by molar-refractivity contribution is 6.18. The van der Waals surface area contributed by atoms with Crippen LogP contribution in [-0.2, 0) is 32.6 Å². The molecule has 0 saturated heterocycles. The van der Waals surface area contributed by atoms with Gasteiger partial charge in [0.05, 0.1) is 17.6 Å². The fourth-order valence-corrected chi connectivity index (χ4v) is 3.92. The van der Waals surface area contributed by atoms with Gasteiger partial charge in [-0.05, 0) is 31.5 Å². The van der Waals surface area contributed by atoms with Crippen LogP contribution in [0.3, 0.4) is 0 Å². The summed E-state index contributed by atoms with van der Waals surface area (Å²) in [5.74, 6) is 0.445. The Labute approximate surface area is 203 Å². The second-order valence-corrected chi connectivity index (χ2v) is 8.20. The normalized spacial score (nSPS) is 11.8. The lowest BCUT2D eigenvalue weighted by Crippen LogP contribution is -2.47. The first-order chi connectivity index (χ1) is 15.8. The van der Waals surface area contributed by atoms with E-state index in [9.17, 15) is 14.4 Å². The molecule has 1 unspecified atom stereocenters. The highest BCUT2D eigenvalue weighted by Gasteiger charge is 2.21. The molecule has 1 atom stereocenters. The molecular formula is C22H31Cl2N5O4. The monoisotopic (exact) mass is 499 g/mol. The number of hydrogen-bond acceptors (Lipinski definition) is 6. The number of rotatable bonds is 13. The van der Waals surface area contributed by atoms with Crippen molar-refractivity contribution in [3.05, 3.63) is 24.0 Å². The minimum absolute atomic E-state index is 0.230. The Morgan fingerprint density at radius 2 is 1.91 bits per heavy atom. The van der Waals surface area contributed by atoms with Crippen LogP contribution in [0.5, 0.6) is 0 Å². The number of aryl methyl sites for hydroxylation is 2. The van der Waals surface area contributed by atoms with Crippen molar-refractivity contribution in [2.75, 3.05) is 42.9 Å². The van der Waals surface area contributed by atoms with Gasteiger partial charge in [-0.15, -0.1) is 23.2 Å². The number of alkyl halides is 2. The highest BCUT2D eigenvalue weighted by atomic mass is 35.5. The molecule has 1 aromatic heterocycles. The molecule has 2 aromatic rings. The number of carbonyl (C=O) groups excluding carboxylic acids is 3. The Balaban J connectivity index is 2.14. The second-order valence-electron chi connectivity index (χ2n) is 7.44. The molecule has 0 aliphatic heterocycles. The van der Waals surface area contributed by atoms with Gasteiger partial charge < -0.3 is 24.8 Å². The van der Waals surface area contributed by atoms with E-state index in [0.717, 1.165) is 22.5 Å². The van der Waals surface area contributed by atoms with E-state index in [1.807, 2.05) is 29.8 Å². The number of hydrogen-bond donors (Lipinski definition) is 2. The molecule has 33 heavy (non-hydrogen) atoms. The van der Waals surface area contributed by atoms with Crippen molar-refractivity contribution in [2.24, 2.45) is 7.05 Å². The Hall–Kier alpha value is -2.52. The van der Waals surface area contributed by atoms with Gasteiger partial charge in [0.25, 0.3) is 0 Å². The molecule has 182 valence electrons. The quantitative estimate of drug-likeness (QED) is 0.322. The van der Waals surface area contributed by atoms with Gasteiger partial charge in [-0.25, -0.2) is 4.98 Å². The number of benzene rings is 1. The number of aromatic nitrogens is 2. The van der Waals surface area contributed by atoms with Crippen molar-refractivity contribution in [3.8, 4) is 0 Å². The van der Waals surface area contributed by atoms with Crippen molar-refractivity contribution in [2.45, 2.75) is 32.7 Å².